The van der Waals surface area contributed by atoms with Crippen LogP contribution < -0.4 is 5.73 Å². The number of rotatable bonds is 1. The SMILES string of the molecule is C/C(Cl)=C(\C)C(N)=O. The van der Waals surface area contributed by atoms with Crippen LogP contribution in [0.15, 0.2) is 10.6 Å². The van der Waals surface area contributed by atoms with Crippen molar-refractivity contribution in [2.45, 2.75) is 13.8 Å². The monoisotopic (exact) mass is 133 g/mol. The lowest BCUT2D eigenvalue weighted by atomic mass is 10.3. The first-order valence-corrected chi connectivity index (χ1v) is 2.56. The molecule has 1 amide bonds. The molecule has 0 rings (SSSR count). The van der Waals surface area contributed by atoms with Crippen molar-refractivity contribution >= 4 is 17.5 Å². The number of halogens is 1. The molecule has 46 valence electrons. The molecular weight excluding hydrogens is 126 g/mol. The molecule has 0 aromatic heterocycles. The summed E-state index contributed by atoms with van der Waals surface area (Å²) in [5, 5.41) is 0.456. The lowest BCUT2D eigenvalue weighted by Crippen LogP contribution is -2.12. The van der Waals surface area contributed by atoms with Gasteiger partial charge in [0.15, 0.2) is 0 Å². The molecule has 8 heavy (non-hydrogen) atoms. The molecule has 0 saturated carbocycles. The molecule has 0 heterocycles. The van der Waals surface area contributed by atoms with Crippen molar-refractivity contribution in [3.63, 3.8) is 0 Å². The molecule has 0 unspecified atom stereocenters. The Morgan fingerprint density at radius 3 is 1.88 bits per heavy atom. The highest BCUT2D eigenvalue weighted by Crippen LogP contribution is 2.05. The van der Waals surface area contributed by atoms with Crippen molar-refractivity contribution in [2.75, 3.05) is 0 Å². The van der Waals surface area contributed by atoms with E-state index in [1.165, 1.54) is 0 Å². The van der Waals surface area contributed by atoms with Crippen LogP contribution in [0.3, 0.4) is 0 Å². The largest absolute Gasteiger partial charge is 0.366 e. The maximum absolute atomic E-state index is 10.2. The molecule has 0 radical (unpaired) electrons. The molecule has 0 aliphatic heterocycles. The first-order chi connectivity index (χ1) is 3.55. The molecule has 2 nitrogen and oxygen atoms in total. The van der Waals surface area contributed by atoms with Gasteiger partial charge in [0.2, 0.25) is 5.91 Å². The number of hydrogen-bond acceptors (Lipinski definition) is 1. The Morgan fingerprint density at radius 1 is 1.50 bits per heavy atom. The highest BCUT2D eigenvalue weighted by atomic mass is 35.5. The van der Waals surface area contributed by atoms with Crippen LogP contribution >= 0.6 is 11.6 Å². The van der Waals surface area contributed by atoms with E-state index in [2.05, 4.69) is 0 Å². The number of carbonyl (C=O) groups is 1. The van der Waals surface area contributed by atoms with E-state index in [-0.39, 0.29) is 0 Å². The molecule has 3 heteroatoms. The van der Waals surface area contributed by atoms with Crippen LogP contribution in [0.4, 0.5) is 0 Å². The minimum atomic E-state index is -0.461. The second-order valence-electron chi connectivity index (χ2n) is 1.52. The van der Waals surface area contributed by atoms with Crippen molar-refractivity contribution in [1.82, 2.24) is 0 Å². The van der Waals surface area contributed by atoms with E-state index in [4.69, 9.17) is 17.3 Å². The van der Waals surface area contributed by atoms with Gasteiger partial charge < -0.3 is 5.73 Å². The van der Waals surface area contributed by atoms with Crippen LogP contribution in [0.25, 0.3) is 0 Å². The van der Waals surface area contributed by atoms with E-state index < -0.39 is 5.91 Å². The van der Waals surface area contributed by atoms with Crippen molar-refractivity contribution in [3.8, 4) is 0 Å². The molecule has 2 N–H and O–H groups in total. The second-order valence-corrected chi connectivity index (χ2v) is 2.09. The number of hydrogen-bond donors (Lipinski definition) is 1. The first-order valence-electron chi connectivity index (χ1n) is 2.18. The molecule has 0 fully saturated rings. The lowest BCUT2D eigenvalue weighted by Gasteiger charge is -1.91. The van der Waals surface area contributed by atoms with Crippen LogP contribution in [-0.2, 0) is 4.79 Å². The Hall–Kier alpha value is -0.500. The molecule has 0 saturated heterocycles. The third-order valence-corrected chi connectivity index (χ3v) is 1.17. The molecule has 0 aromatic rings. The lowest BCUT2D eigenvalue weighted by molar-refractivity contribution is -0.114. The molecule has 0 spiro atoms. The van der Waals surface area contributed by atoms with Crippen LogP contribution in [0.2, 0.25) is 0 Å². The van der Waals surface area contributed by atoms with Crippen LogP contribution in [0, 0.1) is 0 Å². The zero-order valence-corrected chi connectivity index (χ0v) is 5.62. The van der Waals surface area contributed by atoms with E-state index in [1.807, 2.05) is 0 Å². The fraction of sp³-hybridized carbons (Fsp3) is 0.400. The maximum atomic E-state index is 10.2. The van der Waals surface area contributed by atoms with E-state index in [0.717, 1.165) is 0 Å². The first kappa shape index (κ1) is 7.50. The number of carbonyl (C=O) groups excluding carboxylic acids is 1. The van der Waals surface area contributed by atoms with Gasteiger partial charge >= 0.3 is 0 Å². The predicted octanol–water partition coefficient (Wildman–Crippen LogP) is 1.00. The molecular formula is C5H8ClNO. The summed E-state index contributed by atoms with van der Waals surface area (Å²) in [5.74, 6) is -0.461. The van der Waals surface area contributed by atoms with Crippen molar-refractivity contribution in [1.29, 1.82) is 0 Å². The standard InChI is InChI=1S/C5H8ClNO/c1-3(4(2)6)5(7)8/h1-2H3,(H2,7,8)/b4-3-. The van der Waals surface area contributed by atoms with Crippen molar-refractivity contribution < 1.29 is 4.79 Å². The Labute approximate surface area is 53.3 Å². The van der Waals surface area contributed by atoms with Gasteiger partial charge in [0.05, 0.1) is 0 Å². The highest BCUT2D eigenvalue weighted by molar-refractivity contribution is 6.31. The summed E-state index contributed by atoms with van der Waals surface area (Å²) in [6.45, 7) is 3.21. The Kier molecular flexibility index (Phi) is 2.55. The van der Waals surface area contributed by atoms with Gasteiger partial charge in [-0.1, -0.05) is 11.6 Å². The van der Waals surface area contributed by atoms with Gasteiger partial charge in [-0.3, -0.25) is 4.79 Å². The van der Waals surface area contributed by atoms with Gasteiger partial charge in [-0.15, -0.1) is 0 Å². The Morgan fingerprint density at radius 2 is 1.88 bits per heavy atom. The second kappa shape index (κ2) is 2.72. The summed E-state index contributed by atoms with van der Waals surface area (Å²) in [4.78, 5) is 10.2. The van der Waals surface area contributed by atoms with Gasteiger partial charge in [-0.25, -0.2) is 0 Å². The fourth-order valence-corrected chi connectivity index (χ4v) is 0.263. The Balaban J connectivity index is 4.23. The van der Waals surface area contributed by atoms with E-state index in [9.17, 15) is 4.79 Å². The van der Waals surface area contributed by atoms with Gasteiger partial charge in [-0.2, -0.15) is 0 Å². The molecule has 0 atom stereocenters. The smallest absolute Gasteiger partial charge is 0.245 e. The minimum Gasteiger partial charge on any atom is -0.366 e. The molecule has 0 aliphatic rings. The zero-order chi connectivity index (χ0) is 6.73. The summed E-state index contributed by atoms with van der Waals surface area (Å²) in [6.07, 6.45) is 0. The third kappa shape index (κ3) is 1.98. The third-order valence-electron chi connectivity index (χ3n) is 0.886. The minimum absolute atomic E-state index is 0.423. The van der Waals surface area contributed by atoms with E-state index in [0.29, 0.717) is 10.6 Å². The fourth-order valence-electron chi connectivity index (χ4n) is 0.170. The van der Waals surface area contributed by atoms with E-state index >= 15 is 0 Å². The van der Waals surface area contributed by atoms with Crippen molar-refractivity contribution in [3.05, 3.63) is 10.6 Å². The van der Waals surface area contributed by atoms with Crippen LogP contribution in [0.5, 0.6) is 0 Å². The topological polar surface area (TPSA) is 43.1 Å². The van der Waals surface area contributed by atoms with Crippen LogP contribution in [0.1, 0.15) is 13.8 Å². The number of nitrogens with two attached hydrogens (primary N) is 1. The quantitative estimate of drug-likeness (QED) is 0.533. The molecule has 0 aliphatic carbocycles. The number of amides is 1. The Bertz CT molecular complexity index is 135. The maximum Gasteiger partial charge on any atom is 0.245 e. The molecule has 0 aromatic carbocycles. The average molecular weight is 134 g/mol. The van der Waals surface area contributed by atoms with E-state index in [1.54, 1.807) is 13.8 Å². The average Bonchev–Trinajstić information content (AvgIpc) is 1.64. The number of primary amides is 1. The molecule has 0 bridgehead atoms. The summed E-state index contributed by atoms with van der Waals surface area (Å²) in [6, 6.07) is 0. The zero-order valence-electron chi connectivity index (χ0n) is 4.86. The van der Waals surface area contributed by atoms with Gasteiger partial charge in [-0.05, 0) is 13.8 Å². The van der Waals surface area contributed by atoms with Crippen LogP contribution in [-0.4, -0.2) is 5.91 Å². The summed E-state index contributed by atoms with van der Waals surface area (Å²) in [7, 11) is 0. The number of allylic oxidation sites excluding steroid dienone is 1. The van der Waals surface area contributed by atoms with Gasteiger partial charge in [0, 0.05) is 10.6 Å². The normalized spacial score (nSPS) is 12.9. The summed E-state index contributed by atoms with van der Waals surface area (Å²) in [5.41, 5.74) is 5.28. The summed E-state index contributed by atoms with van der Waals surface area (Å²) >= 11 is 5.40. The summed E-state index contributed by atoms with van der Waals surface area (Å²) < 4.78 is 0. The van der Waals surface area contributed by atoms with Gasteiger partial charge in [0.25, 0.3) is 0 Å². The van der Waals surface area contributed by atoms with Gasteiger partial charge in [0.1, 0.15) is 0 Å². The van der Waals surface area contributed by atoms with Crippen molar-refractivity contribution in [2.24, 2.45) is 5.73 Å². The predicted molar refractivity (Wildman–Crippen MR) is 33.4 cm³/mol. The highest BCUT2D eigenvalue weighted by Gasteiger charge is 1.98.